The van der Waals surface area contributed by atoms with Gasteiger partial charge in [-0.25, -0.2) is 0 Å². The molecular formula is C10H19NO3. The zero-order valence-electron chi connectivity index (χ0n) is 8.66. The van der Waals surface area contributed by atoms with Crippen LogP contribution in [0.1, 0.15) is 32.6 Å². The molecule has 0 spiro atoms. The van der Waals surface area contributed by atoms with Crippen LogP contribution in [0.5, 0.6) is 0 Å². The first kappa shape index (κ1) is 11.5. The average Bonchev–Trinajstić information content (AvgIpc) is 2.64. The van der Waals surface area contributed by atoms with Gasteiger partial charge in [0.2, 0.25) is 0 Å². The van der Waals surface area contributed by atoms with E-state index in [-0.39, 0.29) is 6.42 Å². The molecule has 14 heavy (non-hydrogen) atoms. The van der Waals surface area contributed by atoms with Crippen LogP contribution in [0.2, 0.25) is 0 Å². The van der Waals surface area contributed by atoms with E-state index in [0.717, 1.165) is 26.0 Å². The van der Waals surface area contributed by atoms with Gasteiger partial charge >= 0.3 is 5.97 Å². The second-order valence-electron chi connectivity index (χ2n) is 3.79. The minimum atomic E-state index is -0.725. The summed E-state index contributed by atoms with van der Waals surface area (Å²) in [6, 6.07) is 0.339. The Bertz CT molecular complexity index is 178. The molecule has 0 bridgehead atoms. The highest BCUT2D eigenvalue weighted by Crippen LogP contribution is 2.15. The largest absolute Gasteiger partial charge is 0.481 e. The molecule has 1 aliphatic heterocycles. The highest BCUT2D eigenvalue weighted by molar-refractivity contribution is 5.66. The summed E-state index contributed by atoms with van der Waals surface area (Å²) in [6.07, 6.45) is 3.51. The van der Waals surface area contributed by atoms with Gasteiger partial charge in [0.05, 0.1) is 6.10 Å². The third kappa shape index (κ3) is 4.07. The number of hydrogen-bond donors (Lipinski definition) is 2. The third-order valence-electron chi connectivity index (χ3n) is 2.56. The van der Waals surface area contributed by atoms with Crippen LogP contribution in [0.25, 0.3) is 0 Å². The van der Waals surface area contributed by atoms with Crippen LogP contribution >= 0.6 is 0 Å². The van der Waals surface area contributed by atoms with E-state index >= 15 is 0 Å². The molecule has 2 atom stereocenters. The van der Waals surface area contributed by atoms with Crippen LogP contribution in [-0.4, -0.2) is 36.4 Å². The summed E-state index contributed by atoms with van der Waals surface area (Å²) in [5.41, 5.74) is 0. The Morgan fingerprint density at radius 2 is 2.50 bits per heavy atom. The van der Waals surface area contributed by atoms with Crippen molar-refractivity contribution >= 4 is 5.97 Å². The molecule has 82 valence electrons. The highest BCUT2D eigenvalue weighted by Gasteiger charge is 2.21. The Hall–Kier alpha value is -0.610. The Morgan fingerprint density at radius 1 is 1.71 bits per heavy atom. The second-order valence-corrected chi connectivity index (χ2v) is 3.79. The van der Waals surface area contributed by atoms with Gasteiger partial charge in [0.1, 0.15) is 0 Å². The van der Waals surface area contributed by atoms with Crippen LogP contribution in [0.15, 0.2) is 0 Å². The van der Waals surface area contributed by atoms with E-state index < -0.39 is 5.97 Å². The van der Waals surface area contributed by atoms with Crippen molar-refractivity contribution in [3.8, 4) is 0 Å². The molecule has 2 unspecified atom stereocenters. The van der Waals surface area contributed by atoms with Crippen molar-refractivity contribution in [1.82, 2.24) is 5.32 Å². The number of carbonyl (C=O) groups is 1. The SMILES string of the molecule is CC(NCCCC(=O)O)C1CCCO1. The van der Waals surface area contributed by atoms with Gasteiger partial charge in [-0.3, -0.25) is 4.79 Å². The number of carboxylic acids is 1. The molecule has 1 saturated heterocycles. The molecule has 0 saturated carbocycles. The van der Waals surface area contributed by atoms with Crippen molar-refractivity contribution in [2.24, 2.45) is 0 Å². The van der Waals surface area contributed by atoms with Gasteiger partial charge in [-0.2, -0.15) is 0 Å². The van der Waals surface area contributed by atoms with E-state index in [1.165, 1.54) is 0 Å². The molecule has 0 aromatic carbocycles. The van der Waals surface area contributed by atoms with Gasteiger partial charge in [-0.15, -0.1) is 0 Å². The molecule has 4 heteroatoms. The molecular weight excluding hydrogens is 182 g/mol. The molecule has 2 N–H and O–H groups in total. The first-order valence-electron chi connectivity index (χ1n) is 5.27. The van der Waals surface area contributed by atoms with Gasteiger partial charge < -0.3 is 15.2 Å². The monoisotopic (exact) mass is 201 g/mol. The molecule has 0 aliphatic carbocycles. The standard InChI is InChI=1S/C10H19NO3/c1-8(9-4-3-7-14-9)11-6-2-5-10(12)13/h8-9,11H,2-7H2,1H3,(H,12,13). The fourth-order valence-electron chi connectivity index (χ4n) is 1.70. The highest BCUT2D eigenvalue weighted by atomic mass is 16.5. The van der Waals surface area contributed by atoms with E-state index in [9.17, 15) is 4.79 Å². The number of carboxylic acid groups (broad SMARTS) is 1. The summed E-state index contributed by atoms with van der Waals surface area (Å²) >= 11 is 0. The lowest BCUT2D eigenvalue weighted by Crippen LogP contribution is -2.37. The normalized spacial score (nSPS) is 23.6. The van der Waals surface area contributed by atoms with Gasteiger partial charge in [0.25, 0.3) is 0 Å². The van der Waals surface area contributed by atoms with Crippen LogP contribution < -0.4 is 5.32 Å². The molecule has 0 aromatic heterocycles. The molecule has 0 aromatic rings. The van der Waals surface area contributed by atoms with Crippen LogP contribution in [-0.2, 0) is 9.53 Å². The van der Waals surface area contributed by atoms with Crippen LogP contribution in [0, 0.1) is 0 Å². The number of hydrogen-bond acceptors (Lipinski definition) is 3. The van der Waals surface area contributed by atoms with Crippen molar-refractivity contribution in [2.45, 2.75) is 44.8 Å². The maximum atomic E-state index is 10.2. The van der Waals surface area contributed by atoms with Crippen LogP contribution in [0.3, 0.4) is 0 Å². The summed E-state index contributed by atoms with van der Waals surface area (Å²) in [7, 11) is 0. The van der Waals surface area contributed by atoms with Crippen molar-refractivity contribution in [1.29, 1.82) is 0 Å². The molecule has 1 fully saturated rings. The summed E-state index contributed by atoms with van der Waals surface area (Å²) in [6.45, 7) is 3.72. The van der Waals surface area contributed by atoms with Crippen molar-refractivity contribution in [3.63, 3.8) is 0 Å². The Morgan fingerprint density at radius 3 is 3.07 bits per heavy atom. The first-order valence-corrected chi connectivity index (χ1v) is 5.27. The number of nitrogens with one attached hydrogen (secondary N) is 1. The fraction of sp³-hybridized carbons (Fsp3) is 0.900. The lowest BCUT2D eigenvalue weighted by atomic mass is 10.1. The molecule has 0 radical (unpaired) electrons. The molecule has 4 nitrogen and oxygen atoms in total. The zero-order valence-corrected chi connectivity index (χ0v) is 8.66. The summed E-state index contributed by atoms with van der Waals surface area (Å²) < 4.78 is 5.51. The third-order valence-corrected chi connectivity index (χ3v) is 2.56. The van der Waals surface area contributed by atoms with Crippen molar-refractivity contribution in [3.05, 3.63) is 0 Å². The lowest BCUT2D eigenvalue weighted by Gasteiger charge is -2.19. The topological polar surface area (TPSA) is 58.6 Å². The number of aliphatic carboxylic acids is 1. The van der Waals surface area contributed by atoms with E-state index in [1.54, 1.807) is 0 Å². The minimum absolute atomic E-state index is 0.241. The Labute approximate surface area is 84.6 Å². The Kier molecular flexibility index (Phi) is 4.90. The number of rotatable bonds is 6. The first-order chi connectivity index (χ1) is 6.70. The Balaban J connectivity index is 2.02. The second kappa shape index (κ2) is 5.98. The van der Waals surface area contributed by atoms with E-state index in [0.29, 0.717) is 18.6 Å². The van der Waals surface area contributed by atoms with Crippen LogP contribution in [0.4, 0.5) is 0 Å². The quantitative estimate of drug-likeness (QED) is 0.630. The number of ether oxygens (including phenoxy) is 1. The predicted octanol–water partition coefficient (Wildman–Crippen LogP) is 1.01. The summed E-state index contributed by atoms with van der Waals surface area (Å²) in [4.78, 5) is 10.2. The molecule has 1 heterocycles. The minimum Gasteiger partial charge on any atom is -0.481 e. The summed E-state index contributed by atoms with van der Waals surface area (Å²) in [5.74, 6) is -0.725. The van der Waals surface area contributed by atoms with Gasteiger partial charge in [0, 0.05) is 19.1 Å². The fourth-order valence-corrected chi connectivity index (χ4v) is 1.70. The maximum Gasteiger partial charge on any atom is 0.303 e. The maximum absolute atomic E-state index is 10.2. The lowest BCUT2D eigenvalue weighted by molar-refractivity contribution is -0.137. The summed E-state index contributed by atoms with van der Waals surface area (Å²) in [5, 5.41) is 11.7. The van der Waals surface area contributed by atoms with E-state index in [1.807, 2.05) is 0 Å². The molecule has 1 aliphatic rings. The van der Waals surface area contributed by atoms with Gasteiger partial charge in [-0.05, 0) is 32.7 Å². The van der Waals surface area contributed by atoms with Crippen molar-refractivity contribution < 1.29 is 14.6 Å². The smallest absolute Gasteiger partial charge is 0.303 e. The molecule has 1 rings (SSSR count). The predicted molar refractivity (Wildman–Crippen MR) is 53.3 cm³/mol. The van der Waals surface area contributed by atoms with Gasteiger partial charge in [-0.1, -0.05) is 0 Å². The zero-order chi connectivity index (χ0) is 10.4. The van der Waals surface area contributed by atoms with E-state index in [2.05, 4.69) is 12.2 Å². The molecule has 0 amide bonds. The average molecular weight is 201 g/mol. The van der Waals surface area contributed by atoms with Crippen molar-refractivity contribution in [2.75, 3.05) is 13.2 Å². The van der Waals surface area contributed by atoms with Gasteiger partial charge in [0.15, 0.2) is 0 Å². The van der Waals surface area contributed by atoms with E-state index in [4.69, 9.17) is 9.84 Å².